The first kappa shape index (κ1) is 8.14. The molecule has 0 N–H and O–H groups in total. The zero-order valence-electron chi connectivity index (χ0n) is 7.64. The van der Waals surface area contributed by atoms with Gasteiger partial charge in [-0.1, -0.05) is 0 Å². The van der Waals surface area contributed by atoms with Gasteiger partial charge in [0, 0.05) is 0 Å². The molecule has 14 heavy (non-hydrogen) atoms. The van der Waals surface area contributed by atoms with E-state index in [0.717, 1.165) is 0 Å². The molecule has 2 aromatic carbocycles. The Labute approximate surface area is 85.3 Å². The fourth-order valence-electron chi connectivity index (χ4n) is 1.95. The van der Waals surface area contributed by atoms with Crippen LogP contribution in [0, 0.1) is 0 Å². The third-order valence-corrected chi connectivity index (χ3v) is 4.44. The molecule has 0 spiro atoms. The Balaban J connectivity index is 2.42. The van der Waals surface area contributed by atoms with Crippen LogP contribution in [0.4, 0.5) is 0 Å². The zero-order chi connectivity index (χ0) is 9.54. The Hall–Kier alpha value is -1.20. The fourth-order valence-corrected chi connectivity index (χ4v) is 3.61. The van der Waals surface area contributed by atoms with Gasteiger partial charge in [-0.2, -0.15) is 0 Å². The van der Waals surface area contributed by atoms with Crippen LogP contribution in [0.25, 0.3) is 11.1 Å². The summed E-state index contributed by atoms with van der Waals surface area (Å²) >= 11 is 0. The molecular weight excluding hydrogens is 186 g/mol. The molecule has 0 saturated heterocycles. The number of hydrogen-bond donors (Lipinski definition) is 0. The molecule has 1 heterocycles. The van der Waals surface area contributed by atoms with Crippen LogP contribution in [0.1, 0.15) is 0 Å². The molecule has 0 bridgehead atoms. The standard InChI is InChI=1S/C12H8BP/c13-14-11-7-3-1-5-9(11)10-6-2-4-8-12(10)14/h1-8H/q+1. The molecule has 0 saturated carbocycles. The van der Waals surface area contributed by atoms with Gasteiger partial charge in [0.2, 0.25) is 0 Å². The second-order valence-corrected chi connectivity index (χ2v) is 5.11. The van der Waals surface area contributed by atoms with E-state index in [0.29, 0.717) is 0 Å². The SMILES string of the molecule is [B]=[P+]1c2ccccc2-c2ccccc21. The summed E-state index contributed by atoms with van der Waals surface area (Å²) in [6, 6.07) is 16.9. The van der Waals surface area contributed by atoms with Gasteiger partial charge in [-0.25, -0.2) is 0 Å². The van der Waals surface area contributed by atoms with E-state index < -0.39 is 7.41 Å². The van der Waals surface area contributed by atoms with Crippen molar-refractivity contribution in [3.05, 3.63) is 48.5 Å². The summed E-state index contributed by atoms with van der Waals surface area (Å²) in [4.78, 5) is 0. The Bertz CT molecular complexity index is 484. The molecule has 0 nitrogen and oxygen atoms in total. The van der Waals surface area contributed by atoms with Crippen LogP contribution in [-0.4, -0.2) is 7.18 Å². The van der Waals surface area contributed by atoms with E-state index in [2.05, 4.69) is 48.5 Å². The van der Waals surface area contributed by atoms with Gasteiger partial charge in [0.25, 0.3) is 0 Å². The number of rotatable bonds is 0. The molecule has 0 unspecified atom stereocenters. The number of fused-ring (bicyclic) bond motifs is 3. The quantitative estimate of drug-likeness (QED) is 0.380. The van der Waals surface area contributed by atoms with Crippen molar-refractivity contribution in [3.8, 4) is 11.1 Å². The van der Waals surface area contributed by atoms with Crippen LogP contribution in [-0.2, 0) is 0 Å². The normalized spacial score (nSPS) is 12.4. The van der Waals surface area contributed by atoms with Crippen molar-refractivity contribution < 1.29 is 0 Å². The Morgan fingerprint density at radius 2 is 1.14 bits per heavy atom. The first-order valence-electron chi connectivity index (χ1n) is 4.61. The van der Waals surface area contributed by atoms with Gasteiger partial charge in [-0.15, -0.1) is 0 Å². The summed E-state index contributed by atoms with van der Waals surface area (Å²) in [7, 11) is 5.63. The Morgan fingerprint density at radius 1 is 0.714 bits per heavy atom. The second-order valence-electron chi connectivity index (χ2n) is 3.40. The van der Waals surface area contributed by atoms with Crippen LogP contribution < -0.4 is 10.6 Å². The van der Waals surface area contributed by atoms with Crippen LogP contribution >= 0.6 is 7.41 Å². The molecular formula is C12H8BP+. The van der Waals surface area contributed by atoms with Gasteiger partial charge in [0.05, 0.1) is 0 Å². The molecule has 0 aromatic heterocycles. The Morgan fingerprint density at radius 3 is 1.64 bits per heavy atom. The molecule has 2 aromatic rings. The zero-order valence-corrected chi connectivity index (χ0v) is 8.54. The summed E-state index contributed by atoms with van der Waals surface area (Å²) in [6.45, 7) is 0. The molecule has 2 heteroatoms. The van der Waals surface area contributed by atoms with Gasteiger partial charge in [-0.05, 0) is 0 Å². The van der Waals surface area contributed by atoms with E-state index in [1.54, 1.807) is 0 Å². The van der Waals surface area contributed by atoms with E-state index in [1.807, 2.05) is 0 Å². The van der Waals surface area contributed by atoms with Crippen molar-refractivity contribution in [1.29, 1.82) is 0 Å². The van der Waals surface area contributed by atoms with Gasteiger partial charge in [0.1, 0.15) is 0 Å². The molecule has 63 valence electrons. The maximum atomic E-state index is 6.22. The Kier molecular flexibility index (Phi) is 1.69. The van der Waals surface area contributed by atoms with E-state index in [-0.39, 0.29) is 0 Å². The minimum atomic E-state index is -0.597. The first-order valence-corrected chi connectivity index (χ1v) is 6.02. The average Bonchev–Trinajstić information content (AvgIpc) is 2.55. The first-order chi connectivity index (χ1) is 6.88. The molecule has 0 aliphatic carbocycles. The fraction of sp³-hybridized carbons (Fsp3) is 0. The van der Waals surface area contributed by atoms with Crippen molar-refractivity contribution in [1.82, 2.24) is 0 Å². The molecule has 1 aliphatic rings. The summed E-state index contributed by atoms with van der Waals surface area (Å²) < 4.78 is 0. The van der Waals surface area contributed by atoms with Crippen molar-refractivity contribution >= 4 is 25.2 Å². The molecule has 1 radical (unpaired) electrons. The molecule has 0 atom stereocenters. The predicted octanol–water partition coefficient (Wildman–Crippen LogP) is 2.18. The van der Waals surface area contributed by atoms with Crippen molar-refractivity contribution in [3.63, 3.8) is 0 Å². The summed E-state index contributed by atoms with van der Waals surface area (Å²) in [6.07, 6.45) is 0. The third-order valence-electron chi connectivity index (χ3n) is 2.62. The van der Waals surface area contributed by atoms with Crippen molar-refractivity contribution in [2.75, 3.05) is 0 Å². The van der Waals surface area contributed by atoms with Crippen LogP contribution in [0.5, 0.6) is 0 Å². The van der Waals surface area contributed by atoms with Gasteiger partial charge in [0.15, 0.2) is 0 Å². The minimum absolute atomic E-state index is 0.597. The van der Waals surface area contributed by atoms with E-state index in [1.165, 1.54) is 21.7 Å². The molecule has 3 rings (SSSR count). The number of hydrogen-bond acceptors (Lipinski definition) is 0. The van der Waals surface area contributed by atoms with E-state index in [9.17, 15) is 0 Å². The summed E-state index contributed by atoms with van der Waals surface area (Å²) in [5.41, 5.74) is 2.63. The van der Waals surface area contributed by atoms with Gasteiger partial charge in [-0.3, -0.25) is 0 Å². The van der Waals surface area contributed by atoms with Crippen LogP contribution in [0.2, 0.25) is 0 Å². The third kappa shape index (κ3) is 0.965. The van der Waals surface area contributed by atoms with Crippen molar-refractivity contribution in [2.24, 2.45) is 0 Å². The molecule has 0 fully saturated rings. The van der Waals surface area contributed by atoms with Gasteiger partial charge >= 0.3 is 84.9 Å². The topological polar surface area (TPSA) is 0 Å². The monoisotopic (exact) mass is 194 g/mol. The molecule has 1 aliphatic heterocycles. The predicted molar refractivity (Wildman–Crippen MR) is 63.8 cm³/mol. The average molecular weight is 194 g/mol. The summed E-state index contributed by atoms with van der Waals surface area (Å²) in [5.74, 6) is 0. The molecule has 0 amide bonds. The van der Waals surface area contributed by atoms with Crippen LogP contribution in [0.3, 0.4) is 0 Å². The number of benzene rings is 2. The van der Waals surface area contributed by atoms with E-state index >= 15 is 0 Å². The van der Waals surface area contributed by atoms with Gasteiger partial charge < -0.3 is 0 Å². The summed E-state index contributed by atoms with van der Waals surface area (Å²) in [5, 5.41) is 2.62. The van der Waals surface area contributed by atoms with Crippen molar-refractivity contribution in [2.45, 2.75) is 0 Å². The second kappa shape index (κ2) is 2.90. The van der Waals surface area contributed by atoms with Crippen LogP contribution in [0.15, 0.2) is 48.5 Å². The van der Waals surface area contributed by atoms with E-state index in [4.69, 9.17) is 7.18 Å². The maximum absolute atomic E-state index is 6.22.